The number of nitrogens with zero attached hydrogens (tertiary/aromatic N) is 3. The van der Waals surface area contributed by atoms with Gasteiger partial charge in [0.1, 0.15) is 6.33 Å². The van der Waals surface area contributed by atoms with E-state index in [9.17, 15) is 4.79 Å². The molecule has 7 nitrogen and oxygen atoms in total. The maximum Gasteiger partial charge on any atom is 0.217 e. The van der Waals surface area contributed by atoms with Crippen molar-refractivity contribution >= 4 is 27.8 Å². The summed E-state index contributed by atoms with van der Waals surface area (Å²) in [6, 6.07) is 13.3. The number of rotatable bonds is 8. The number of ether oxygens (including phenoxy) is 1. The SMILES string of the molecule is COCCN1CCC[C@@H]1Cc1c[nH]c2ccc(-n3cnc4cc(CNC(C)=O)ccc43)cc12. The summed E-state index contributed by atoms with van der Waals surface area (Å²) in [6.45, 7) is 4.99. The van der Waals surface area contributed by atoms with Gasteiger partial charge in [-0.25, -0.2) is 4.98 Å². The highest BCUT2D eigenvalue weighted by atomic mass is 16.5. The van der Waals surface area contributed by atoms with Crippen LogP contribution in [0.2, 0.25) is 0 Å². The predicted molar refractivity (Wildman–Crippen MR) is 131 cm³/mol. The monoisotopic (exact) mass is 445 g/mol. The molecule has 2 aromatic carbocycles. The molecule has 1 aliphatic rings. The minimum absolute atomic E-state index is 0.0318. The summed E-state index contributed by atoms with van der Waals surface area (Å²) in [5.74, 6) is -0.0318. The first-order valence-electron chi connectivity index (χ1n) is 11.7. The van der Waals surface area contributed by atoms with Gasteiger partial charge in [-0.1, -0.05) is 6.07 Å². The van der Waals surface area contributed by atoms with Crippen molar-refractivity contribution in [1.29, 1.82) is 0 Å². The maximum atomic E-state index is 11.2. The molecule has 172 valence electrons. The van der Waals surface area contributed by atoms with E-state index in [2.05, 4.69) is 55.2 Å². The zero-order valence-electron chi connectivity index (χ0n) is 19.3. The van der Waals surface area contributed by atoms with Crippen LogP contribution in [0.3, 0.4) is 0 Å². The van der Waals surface area contributed by atoms with Crippen LogP contribution in [0.5, 0.6) is 0 Å². The van der Waals surface area contributed by atoms with Gasteiger partial charge in [-0.2, -0.15) is 0 Å². The lowest BCUT2D eigenvalue weighted by Crippen LogP contribution is -2.33. The number of H-pyrrole nitrogens is 1. The number of amides is 1. The Kier molecular flexibility index (Phi) is 6.15. The molecule has 1 amide bonds. The Balaban J connectivity index is 1.41. The highest BCUT2D eigenvalue weighted by molar-refractivity contribution is 5.86. The van der Waals surface area contributed by atoms with E-state index in [4.69, 9.17) is 4.74 Å². The fraction of sp³-hybridized carbons (Fsp3) is 0.385. The van der Waals surface area contributed by atoms with Crippen LogP contribution in [0.25, 0.3) is 27.6 Å². The molecule has 0 radical (unpaired) electrons. The van der Waals surface area contributed by atoms with Crippen molar-refractivity contribution < 1.29 is 9.53 Å². The number of imidazole rings is 1. The van der Waals surface area contributed by atoms with Crippen LogP contribution in [0, 0.1) is 0 Å². The number of hydrogen-bond acceptors (Lipinski definition) is 4. The van der Waals surface area contributed by atoms with Crippen molar-refractivity contribution in [3.63, 3.8) is 0 Å². The van der Waals surface area contributed by atoms with Gasteiger partial charge in [0.2, 0.25) is 5.91 Å². The van der Waals surface area contributed by atoms with E-state index in [1.165, 1.54) is 30.7 Å². The summed E-state index contributed by atoms with van der Waals surface area (Å²) < 4.78 is 7.44. The quantitative estimate of drug-likeness (QED) is 0.433. The van der Waals surface area contributed by atoms with Crippen molar-refractivity contribution in [3.8, 4) is 5.69 Å². The van der Waals surface area contributed by atoms with E-state index >= 15 is 0 Å². The van der Waals surface area contributed by atoms with Gasteiger partial charge < -0.3 is 15.0 Å². The molecule has 7 heteroatoms. The van der Waals surface area contributed by atoms with E-state index < -0.39 is 0 Å². The molecule has 1 aliphatic heterocycles. The van der Waals surface area contributed by atoms with E-state index in [0.29, 0.717) is 12.6 Å². The minimum atomic E-state index is -0.0318. The van der Waals surface area contributed by atoms with Gasteiger partial charge in [0.05, 0.1) is 17.6 Å². The van der Waals surface area contributed by atoms with Crippen LogP contribution in [0.1, 0.15) is 30.9 Å². The lowest BCUT2D eigenvalue weighted by molar-refractivity contribution is -0.119. The molecule has 1 saturated heterocycles. The topological polar surface area (TPSA) is 75.2 Å². The van der Waals surface area contributed by atoms with Crippen LogP contribution in [0.4, 0.5) is 0 Å². The Morgan fingerprint density at radius 1 is 1.27 bits per heavy atom. The summed E-state index contributed by atoms with van der Waals surface area (Å²) in [4.78, 5) is 21.9. The Morgan fingerprint density at radius 3 is 3.03 bits per heavy atom. The van der Waals surface area contributed by atoms with E-state index in [-0.39, 0.29) is 5.91 Å². The smallest absolute Gasteiger partial charge is 0.217 e. The summed E-state index contributed by atoms with van der Waals surface area (Å²) in [5.41, 5.74) is 6.65. The van der Waals surface area contributed by atoms with Crippen LogP contribution in [0.15, 0.2) is 48.9 Å². The number of aromatic nitrogens is 3. The molecule has 33 heavy (non-hydrogen) atoms. The first kappa shape index (κ1) is 21.7. The third kappa shape index (κ3) is 4.51. The number of likely N-dealkylation sites (tertiary alicyclic amines) is 1. The minimum Gasteiger partial charge on any atom is -0.383 e. The molecule has 0 spiro atoms. The average molecular weight is 446 g/mol. The van der Waals surface area contributed by atoms with Crippen molar-refractivity contribution in [2.45, 2.75) is 38.8 Å². The second-order valence-electron chi connectivity index (χ2n) is 8.92. The molecule has 2 aromatic heterocycles. The Labute approximate surface area is 193 Å². The molecule has 0 bridgehead atoms. The third-order valence-corrected chi connectivity index (χ3v) is 6.72. The normalized spacial score (nSPS) is 16.7. The zero-order chi connectivity index (χ0) is 22.8. The first-order valence-corrected chi connectivity index (χ1v) is 11.7. The maximum absolute atomic E-state index is 11.2. The number of carbonyl (C=O) groups is 1. The molecule has 0 aliphatic carbocycles. The lowest BCUT2D eigenvalue weighted by atomic mass is 10.0. The highest BCUT2D eigenvalue weighted by Gasteiger charge is 2.25. The Hall–Kier alpha value is -3.16. The molecule has 1 atom stereocenters. The van der Waals surface area contributed by atoms with Crippen molar-refractivity contribution in [2.24, 2.45) is 0 Å². The number of hydrogen-bond donors (Lipinski definition) is 2. The first-order chi connectivity index (χ1) is 16.1. The molecular weight excluding hydrogens is 414 g/mol. The molecule has 0 saturated carbocycles. The van der Waals surface area contributed by atoms with Crippen LogP contribution >= 0.6 is 0 Å². The third-order valence-electron chi connectivity index (χ3n) is 6.72. The number of fused-ring (bicyclic) bond motifs is 2. The van der Waals surface area contributed by atoms with Gasteiger partial charge >= 0.3 is 0 Å². The molecular formula is C26H31N5O2. The molecule has 3 heterocycles. The van der Waals surface area contributed by atoms with Crippen molar-refractivity contribution in [1.82, 2.24) is 24.8 Å². The largest absolute Gasteiger partial charge is 0.383 e. The highest BCUT2D eigenvalue weighted by Crippen LogP contribution is 2.28. The Morgan fingerprint density at radius 2 is 2.18 bits per heavy atom. The molecule has 0 unspecified atom stereocenters. The second-order valence-corrected chi connectivity index (χ2v) is 8.92. The van der Waals surface area contributed by atoms with Gasteiger partial charge in [-0.3, -0.25) is 14.3 Å². The summed E-state index contributed by atoms with van der Waals surface area (Å²) in [7, 11) is 1.77. The number of methoxy groups -OCH3 is 1. The van der Waals surface area contributed by atoms with Gasteiger partial charge in [-0.05, 0) is 67.3 Å². The summed E-state index contributed by atoms with van der Waals surface area (Å²) in [5, 5.41) is 4.12. The standard InChI is InChI=1S/C26H31N5O2/c1-18(32)27-15-19-5-8-26-25(12-19)29-17-31(26)22-6-7-24-23(14-22)20(16-28-24)13-21-4-3-9-30(21)10-11-33-2/h5-8,12,14,16-17,21,28H,3-4,9-11,13,15H2,1-2H3,(H,27,32)/t21-/m1/s1. The van der Waals surface area contributed by atoms with Crippen LogP contribution in [-0.2, 0) is 22.5 Å². The van der Waals surface area contributed by atoms with Gasteiger partial charge in [0, 0.05) is 56.0 Å². The summed E-state index contributed by atoms with van der Waals surface area (Å²) >= 11 is 0. The number of benzene rings is 2. The summed E-state index contributed by atoms with van der Waals surface area (Å²) in [6.07, 6.45) is 7.59. The number of aromatic amines is 1. The van der Waals surface area contributed by atoms with Gasteiger partial charge in [0.15, 0.2) is 0 Å². The van der Waals surface area contributed by atoms with Crippen molar-refractivity contribution in [2.75, 3.05) is 26.8 Å². The van der Waals surface area contributed by atoms with Crippen molar-refractivity contribution in [3.05, 3.63) is 60.0 Å². The second kappa shape index (κ2) is 9.37. The molecule has 5 rings (SSSR count). The molecule has 2 N–H and O–H groups in total. The van der Waals surface area contributed by atoms with Crippen LogP contribution in [-0.4, -0.2) is 58.2 Å². The van der Waals surface area contributed by atoms with Crippen LogP contribution < -0.4 is 5.32 Å². The Bertz CT molecular complexity index is 1270. The number of carbonyl (C=O) groups excluding carboxylic acids is 1. The van der Waals surface area contributed by atoms with E-state index in [1.807, 2.05) is 18.5 Å². The fourth-order valence-corrected chi connectivity index (χ4v) is 4.97. The van der Waals surface area contributed by atoms with Gasteiger partial charge in [-0.15, -0.1) is 0 Å². The fourth-order valence-electron chi connectivity index (χ4n) is 4.97. The zero-order valence-corrected chi connectivity index (χ0v) is 19.3. The molecule has 4 aromatic rings. The molecule has 1 fully saturated rings. The van der Waals surface area contributed by atoms with E-state index in [1.54, 1.807) is 7.11 Å². The van der Waals surface area contributed by atoms with Gasteiger partial charge in [0.25, 0.3) is 0 Å². The predicted octanol–water partition coefficient (Wildman–Crippen LogP) is 3.80. The van der Waals surface area contributed by atoms with E-state index in [0.717, 1.165) is 53.9 Å². The number of nitrogens with one attached hydrogen (secondary N) is 2. The average Bonchev–Trinajstić information content (AvgIpc) is 3.54. The lowest BCUT2D eigenvalue weighted by Gasteiger charge is -2.23.